The number of benzene rings is 2. The summed E-state index contributed by atoms with van der Waals surface area (Å²) in [5.74, 6) is -1.96. The molecule has 0 spiro atoms. The second-order valence-corrected chi connectivity index (χ2v) is 10.9. The fourth-order valence-electron chi connectivity index (χ4n) is 5.08. The van der Waals surface area contributed by atoms with Crippen LogP contribution in [0.1, 0.15) is 75.8 Å². The Morgan fingerprint density at radius 1 is 0.762 bits per heavy atom. The van der Waals surface area contributed by atoms with Gasteiger partial charge in [0.15, 0.2) is 0 Å². The number of nitrogens with one attached hydrogen (secondary N) is 3. The summed E-state index contributed by atoms with van der Waals surface area (Å²) in [5.41, 5.74) is 1.65. The minimum absolute atomic E-state index is 0.00996. The van der Waals surface area contributed by atoms with Crippen molar-refractivity contribution in [1.82, 2.24) is 16.0 Å². The zero-order chi connectivity index (χ0) is 30.0. The summed E-state index contributed by atoms with van der Waals surface area (Å²) in [7, 11) is 0. The first-order valence-corrected chi connectivity index (χ1v) is 15.1. The first kappa shape index (κ1) is 32.8. The van der Waals surface area contributed by atoms with E-state index in [0.717, 1.165) is 49.7 Å². The van der Waals surface area contributed by atoms with Crippen molar-refractivity contribution in [1.29, 1.82) is 0 Å². The summed E-state index contributed by atoms with van der Waals surface area (Å²) in [5, 5.41) is 8.37. The van der Waals surface area contributed by atoms with E-state index in [1.165, 1.54) is 6.42 Å². The lowest BCUT2D eigenvalue weighted by molar-refractivity contribution is -0.150. The third-order valence-corrected chi connectivity index (χ3v) is 7.42. The Morgan fingerprint density at radius 3 is 1.93 bits per heavy atom. The van der Waals surface area contributed by atoms with Crippen molar-refractivity contribution in [3.8, 4) is 0 Å². The van der Waals surface area contributed by atoms with Gasteiger partial charge in [-0.05, 0) is 30.0 Å². The molecule has 0 saturated heterocycles. The van der Waals surface area contributed by atoms with Crippen molar-refractivity contribution >= 4 is 23.8 Å². The van der Waals surface area contributed by atoms with Crippen molar-refractivity contribution in [2.75, 3.05) is 13.1 Å². The van der Waals surface area contributed by atoms with Gasteiger partial charge >= 0.3 is 11.9 Å². The molecule has 1 saturated carbocycles. The van der Waals surface area contributed by atoms with E-state index in [2.05, 4.69) is 16.0 Å². The molecule has 1 aliphatic rings. The number of rotatable bonds is 15. The van der Waals surface area contributed by atoms with E-state index in [-0.39, 0.29) is 32.1 Å². The number of likely N-dealkylation sites (N-methyl/N-ethyl adjacent to an activating group) is 1. The average Bonchev–Trinajstić information content (AvgIpc) is 2.99. The maximum Gasteiger partial charge on any atom is 0.328 e. The zero-order valence-electron chi connectivity index (χ0n) is 24.6. The first-order chi connectivity index (χ1) is 20.4. The van der Waals surface area contributed by atoms with Gasteiger partial charge in [0.05, 0.1) is 13.0 Å². The number of hydrogen-bond donors (Lipinski definition) is 3. The minimum Gasteiger partial charge on any atom is -0.461 e. The van der Waals surface area contributed by atoms with E-state index >= 15 is 0 Å². The molecule has 1 fully saturated rings. The van der Waals surface area contributed by atoms with Gasteiger partial charge in [0.1, 0.15) is 25.3 Å². The van der Waals surface area contributed by atoms with E-state index in [9.17, 15) is 19.2 Å². The van der Waals surface area contributed by atoms with Crippen LogP contribution >= 0.6 is 0 Å². The van der Waals surface area contributed by atoms with Crippen molar-refractivity contribution in [3.05, 3.63) is 71.8 Å². The maximum absolute atomic E-state index is 13.6. The molecule has 2 aromatic rings. The normalized spacial score (nSPS) is 15.4. The Morgan fingerprint density at radius 2 is 1.33 bits per heavy atom. The molecule has 3 rings (SSSR count). The van der Waals surface area contributed by atoms with Crippen LogP contribution in [-0.2, 0) is 41.9 Å². The lowest BCUT2D eigenvalue weighted by atomic mass is 9.86. The lowest BCUT2D eigenvalue weighted by Gasteiger charge is -2.26. The van der Waals surface area contributed by atoms with Gasteiger partial charge in [0.2, 0.25) is 11.8 Å². The summed E-state index contributed by atoms with van der Waals surface area (Å²) in [4.78, 5) is 52.2. The summed E-state index contributed by atoms with van der Waals surface area (Å²) >= 11 is 0. The van der Waals surface area contributed by atoms with Crippen LogP contribution in [0.2, 0.25) is 0 Å². The van der Waals surface area contributed by atoms with Crippen LogP contribution < -0.4 is 16.0 Å². The maximum atomic E-state index is 13.6. The monoisotopic (exact) mass is 579 g/mol. The van der Waals surface area contributed by atoms with Crippen LogP contribution in [0.5, 0.6) is 0 Å². The average molecular weight is 580 g/mol. The van der Waals surface area contributed by atoms with Crippen molar-refractivity contribution in [2.45, 2.75) is 90.0 Å². The number of amides is 2. The molecule has 42 heavy (non-hydrogen) atoms. The quantitative estimate of drug-likeness (QED) is 0.270. The SMILES string of the molecule is CCNCC(=O)N[C@@H](CC(=O)OCc1ccccc1)C(=O)N[C@@H](CC1CCCCCCC1)C(=O)OCc1ccccc1. The number of carbonyl (C=O) groups excluding carboxylic acids is 4. The number of esters is 2. The van der Waals surface area contributed by atoms with E-state index in [1.807, 2.05) is 67.6 Å². The third kappa shape index (κ3) is 12.4. The van der Waals surface area contributed by atoms with Crippen LogP contribution in [-0.4, -0.2) is 48.9 Å². The Kier molecular flexibility index (Phi) is 14.6. The Labute approximate surface area is 249 Å². The van der Waals surface area contributed by atoms with Crippen LogP contribution in [0.4, 0.5) is 0 Å². The third-order valence-electron chi connectivity index (χ3n) is 7.42. The molecule has 9 heteroatoms. The smallest absolute Gasteiger partial charge is 0.328 e. The Balaban J connectivity index is 1.70. The Bertz CT molecular complexity index is 1100. The molecule has 9 nitrogen and oxygen atoms in total. The van der Waals surface area contributed by atoms with Gasteiger partial charge in [-0.25, -0.2) is 4.79 Å². The molecule has 0 radical (unpaired) electrons. The summed E-state index contributed by atoms with van der Waals surface area (Å²) in [6, 6.07) is 16.5. The predicted octanol–water partition coefficient (Wildman–Crippen LogP) is 4.19. The zero-order valence-corrected chi connectivity index (χ0v) is 24.6. The highest BCUT2D eigenvalue weighted by molar-refractivity contribution is 5.93. The molecule has 2 amide bonds. The highest BCUT2D eigenvalue weighted by Gasteiger charge is 2.31. The minimum atomic E-state index is -1.21. The van der Waals surface area contributed by atoms with E-state index < -0.39 is 35.8 Å². The van der Waals surface area contributed by atoms with Crippen LogP contribution in [0.3, 0.4) is 0 Å². The topological polar surface area (TPSA) is 123 Å². The molecule has 2 aromatic carbocycles. The van der Waals surface area contributed by atoms with Gasteiger partial charge in [-0.2, -0.15) is 0 Å². The molecule has 3 N–H and O–H groups in total. The van der Waals surface area contributed by atoms with E-state index in [4.69, 9.17) is 9.47 Å². The summed E-state index contributed by atoms with van der Waals surface area (Å²) in [6.07, 6.45) is 7.75. The van der Waals surface area contributed by atoms with Gasteiger partial charge in [-0.1, -0.05) is 113 Å². The molecule has 0 unspecified atom stereocenters. The Hall–Kier alpha value is -3.72. The second kappa shape index (κ2) is 18.7. The second-order valence-electron chi connectivity index (χ2n) is 10.9. The highest BCUT2D eigenvalue weighted by Crippen LogP contribution is 2.26. The number of carbonyl (C=O) groups is 4. The van der Waals surface area contributed by atoms with Gasteiger partial charge < -0.3 is 25.4 Å². The predicted molar refractivity (Wildman–Crippen MR) is 160 cm³/mol. The largest absolute Gasteiger partial charge is 0.461 e. The van der Waals surface area contributed by atoms with Gasteiger partial charge in [0, 0.05) is 0 Å². The number of hydrogen-bond acceptors (Lipinski definition) is 7. The fourth-order valence-corrected chi connectivity index (χ4v) is 5.08. The molecule has 2 atom stereocenters. The van der Waals surface area contributed by atoms with Crippen molar-refractivity contribution in [2.24, 2.45) is 5.92 Å². The van der Waals surface area contributed by atoms with Crippen molar-refractivity contribution < 1.29 is 28.7 Å². The van der Waals surface area contributed by atoms with Crippen molar-refractivity contribution in [3.63, 3.8) is 0 Å². The molecule has 228 valence electrons. The van der Waals surface area contributed by atoms with E-state index in [1.54, 1.807) is 0 Å². The summed E-state index contributed by atoms with van der Waals surface area (Å²) < 4.78 is 11.0. The molecule has 0 aliphatic heterocycles. The van der Waals surface area contributed by atoms with Gasteiger partial charge in [-0.3, -0.25) is 14.4 Å². The lowest BCUT2D eigenvalue weighted by Crippen LogP contribution is -2.54. The molecule has 0 bridgehead atoms. The summed E-state index contributed by atoms with van der Waals surface area (Å²) in [6.45, 7) is 2.56. The van der Waals surface area contributed by atoms with Crippen LogP contribution in [0, 0.1) is 5.92 Å². The fraction of sp³-hybridized carbons (Fsp3) is 0.515. The molecular formula is C33H45N3O6. The van der Waals surface area contributed by atoms with Gasteiger partial charge in [0.25, 0.3) is 0 Å². The van der Waals surface area contributed by atoms with E-state index in [0.29, 0.717) is 13.0 Å². The highest BCUT2D eigenvalue weighted by atomic mass is 16.5. The molecule has 0 heterocycles. The number of ether oxygens (including phenoxy) is 2. The molecular weight excluding hydrogens is 534 g/mol. The molecule has 1 aliphatic carbocycles. The van der Waals surface area contributed by atoms with Gasteiger partial charge in [-0.15, -0.1) is 0 Å². The van der Waals surface area contributed by atoms with Crippen LogP contribution in [0.15, 0.2) is 60.7 Å². The first-order valence-electron chi connectivity index (χ1n) is 15.1. The standard InChI is InChI=1S/C33H45N3O6/c1-2-34-22-30(37)35-28(21-31(38)41-23-26-16-10-6-11-17-26)32(39)36-29(20-25-14-8-4-3-5-9-15-25)33(40)42-24-27-18-12-7-13-19-27/h6-7,10-13,16-19,25,28-29,34H,2-5,8-9,14-15,20-24H2,1H3,(H,35,37)(H,36,39)/t28-,29-/m0/s1. The molecule has 0 aromatic heterocycles. The van der Waals surface area contributed by atoms with Crippen LogP contribution in [0.25, 0.3) is 0 Å².